The van der Waals surface area contributed by atoms with E-state index in [9.17, 15) is 9.59 Å². The standard InChI is InChI=1S/C18H16ClN3O3S/c1-10-7-12(19)3-6-15(10)25-9-17(24)22-18-21-14-5-4-13(20-11(2)23)8-16(14)26-18/h3-8H,9H2,1-2H3,(H,20,23)(H,21,22,24). The third kappa shape index (κ3) is 4.50. The third-order valence-electron chi connectivity index (χ3n) is 3.45. The van der Waals surface area contributed by atoms with Gasteiger partial charge in [0.2, 0.25) is 5.91 Å². The monoisotopic (exact) mass is 389 g/mol. The van der Waals surface area contributed by atoms with Crippen molar-refractivity contribution in [2.24, 2.45) is 0 Å². The van der Waals surface area contributed by atoms with Gasteiger partial charge in [-0.05, 0) is 48.9 Å². The maximum atomic E-state index is 12.1. The predicted molar refractivity (Wildman–Crippen MR) is 104 cm³/mol. The first-order valence-electron chi connectivity index (χ1n) is 7.78. The number of amides is 2. The smallest absolute Gasteiger partial charge is 0.264 e. The first kappa shape index (κ1) is 18.2. The van der Waals surface area contributed by atoms with E-state index >= 15 is 0 Å². The van der Waals surface area contributed by atoms with Crippen LogP contribution in [0, 0.1) is 6.92 Å². The van der Waals surface area contributed by atoms with Crippen molar-refractivity contribution in [2.45, 2.75) is 13.8 Å². The number of carbonyl (C=O) groups excluding carboxylic acids is 2. The van der Waals surface area contributed by atoms with Crippen molar-refractivity contribution in [3.8, 4) is 5.75 Å². The summed E-state index contributed by atoms with van der Waals surface area (Å²) < 4.78 is 6.38. The fourth-order valence-electron chi connectivity index (χ4n) is 2.33. The van der Waals surface area contributed by atoms with E-state index in [1.807, 2.05) is 13.0 Å². The number of anilines is 2. The van der Waals surface area contributed by atoms with Crippen LogP contribution in [-0.2, 0) is 9.59 Å². The van der Waals surface area contributed by atoms with Crippen molar-refractivity contribution in [3.05, 3.63) is 47.0 Å². The van der Waals surface area contributed by atoms with Crippen LogP contribution in [0.25, 0.3) is 10.2 Å². The van der Waals surface area contributed by atoms with Crippen molar-refractivity contribution in [1.82, 2.24) is 4.98 Å². The Labute approximate surface area is 159 Å². The highest BCUT2D eigenvalue weighted by Gasteiger charge is 2.10. The van der Waals surface area contributed by atoms with Gasteiger partial charge in [0, 0.05) is 17.6 Å². The number of aryl methyl sites for hydroxylation is 1. The van der Waals surface area contributed by atoms with Crippen LogP contribution in [0.1, 0.15) is 12.5 Å². The second-order valence-corrected chi connectivity index (χ2v) is 7.10. The van der Waals surface area contributed by atoms with E-state index in [1.165, 1.54) is 18.3 Å². The Morgan fingerprint density at radius 2 is 2.00 bits per heavy atom. The average Bonchev–Trinajstić information content (AvgIpc) is 2.94. The van der Waals surface area contributed by atoms with Gasteiger partial charge in [0.25, 0.3) is 5.91 Å². The van der Waals surface area contributed by atoms with Gasteiger partial charge in [-0.15, -0.1) is 0 Å². The number of rotatable bonds is 5. The molecule has 3 rings (SSSR count). The SMILES string of the molecule is CC(=O)Nc1ccc2nc(NC(=O)COc3ccc(Cl)cc3C)sc2c1. The molecule has 3 aromatic rings. The van der Waals surface area contributed by atoms with E-state index < -0.39 is 0 Å². The Morgan fingerprint density at radius 1 is 1.19 bits per heavy atom. The molecular formula is C18H16ClN3O3S. The van der Waals surface area contributed by atoms with Gasteiger partial charge in [-0.3, -0.25) is 14.9 Å². The zero-order valence-electron chi connectivity index (χ0n) is 14.1. The lowest BCUT2D eigenvalue weighted by Gasteiger charge is -2.08. The number of fused-ring (bicyclic) bond motifs is 1. The Bertz CT molecular complexity index is 987. The summed E-state index contributed by atoms with van der Waals surface area (Å²) in [6.45, 7) is 3.18. The van der Waals surface area contributed by atoms with E-state index in [0.717, 1.165) is 15.8 Å². The van der Waals surface area contributed by atoms with Crippen LogP contribution in [0.3, 0.4) is 0 Å². The first-order valence-corrected chi connectivity index (χ1v) is 8.97. The van der Waals surface area contributed by atoms with E-state index in [4.69, 9.17) is 16.3 Å². The summed E-state index contributed by atoms with van der Waals surface area (Å²) in [5, 5.41) is 6.53. The Hall–Kier alpha value is -2.64. The molecule has 2 N–H and O–H groups in total. The predicted octanol–water partition coefficient (Wildman–Crippen LogP) is 4.23. The lowest BCUT2D eigenvalue weighted by molar-refractivity contribution is -0.118. The fraction of sp³-hybridized carbons (Fsp3) is 0.167. The van der Waals surface area contributed by atoms with Gasteiger partial charge in [0.1, 0.15) is 5.75 Å². The molecule has 6 nitrogen and oxygen atoms in total. The van der Waals surface area contributed by atoms with Crippen LogP contribution in [0.15, 0.2) is 36.4 Å². The molecule has 0 saturated heterocycles. The second-order valence-electron chi connectivity index (χ2n) is 5.63. The van der Waals surface area contributed by atoms with Gasteiger partial charge in [-0.2, -0.15) is 0 Å². The molecule has 26 heavy (non-hydrogen) atoms. The molecule has 0 aliphatic carbocycles. The number of nitrogens with zero attached hydrogens (tertiary/aromatic N) is 1. The number of nitrogens with one attached hydrogen (secondary N) is 2. The second kappa shape index (κ2) is 7.72. The van der Waals surface area contributed by atoms with Gasteiger partial charge in [-0.1, -0.05) is 22.9 Å². The van der Waals surface area contributed by atoms with E-state index in [2.05, 4.69) is 15.6 Å². The van der Waals surface area contributed by atoms with Crippen molar-refractivity contribution in [3.63, 3.8) is 0 Å². The molecule has 8 heteroatoms. The number of hydrogen-bond acceptors (Lipinski definition) is 5. The molecule has 0 bridgehead atoms. The molecule has 0 aliphatic rings. The highest BCUT2D eigenvalue weighted by Crippen LogP contribution is 2.28. The Balaban J connectivity index is 1.64. The third-order valence-corrected chi connectivity index (χ3v) is 4.62. The molecule has 0 unspecified atom stereocenters. The van der Waals surface area contributed by atoms with Crippen molar-refractivity contribution in [2.75, 3.05) is 17.2 Å². The van der Waals surface area contributed by atoms with Crippen LogP contribution in [-0.4, -0.2) is 23.4 Å². The molecule has 2 amide bonds. The maximum absolute atomic E-state index is 12.1. The van der Waals surface area contributed by atoms with Crippen LogP contribution < -0.4 is 15.4 Å². The highest BCUT2D eigenvalue weighted by molar-refractivity contribution is 7.22. The average molecular weight is 390 g/mol. The topological polar surface area (TPSA) is 80.3 Å². The van der Waals surface area contributed by atoms with E-state index in [0.29, 0.717) is 21.6 Å². The first-order chi connectivity index (χ1) is 12.4. The van der Waals surface area contributed by atoms with Crippen molar-refractivity contribution in [1.29, 1.82) is 0 Å². The van der Waals surface area contributed by atoms with Crippen LogP contribution in [0.5, 0.6) is 5.75 Å². The maximum Gasteiger partial charge on any atom is 0.264 e. The summed E-state index contributed by atoms with van der Waals surface area (Å²) in [7, 11) is 0. The lowest BCUT2D eigenvalue weighted by Crippen LogP contribution is -2.20. The van der Waals surface area contributed by atoms with Crippen molar-refractivity contribution >= 4 is 55.8 Å². The summed E-state index contributed by atoms with van der Waals surface area (Å²) in [6.07, 6.45) is 0. The Morgan fingerprint density at radius 3 is 2.73 bits per heavy atom. The summed E-state index contributed by atoms with van der Waals surface area (Å²) in [6, 6.07) is 10.6. The minimum absolute atomic E-state index is 0.129. The summed E-state index contributed by atoms with van der Waals surface area (Å²) in [5.41, 5.74) is 2.29. The van der Waals surface area contributed by atoms with Gasteiger partial charge >= 0.3 is 0 Å². The molecule has 0 spiro atoms. The van der Waals surface area contributed by atoms with Crippen LogP contribution in [0.2, 0.25) is 5.02 Å². The quantitative estimate of drug-likeness (QED) is 0.684. The molecule has 0 atom stereocenters. The zero-order chi connectivity index (χ0) is 18.7. The molecule has 0 aliphatic heterocycles. The van der Waals surface area contributed by atoms with Crippen molar-refractivity contribution < 1.29 is 14.3 Å². The van der Waals surface area contributed by atoms with Crippen LogP contribution >= 0.6 is 22.9 Å². The number of ether oxygens (including phenoxy) is 1. The number of carbonyl (C=O) groups is 2. The molecule has 134 valence electrons. The number of halogens is 1. The Kier molecular flexibility index (Phi) is 5.39. The number of aromatic nitrogens is 1. The molecule has 1 heterocycles. The molecule has 0 radical (unpaired) electrons. The normalized spacial score (nSPS) is 10.6. The fourth-order valence-corrected chi connectivity index (χ4v) is 3.48. The van der Waals surface area contributed by atoms with Gasteiger partial charge in [0.15, 0.2) is 11.7 Å². The van der Waals surface area contributed by atoms with Crippen LogP contribution in [0.4, 0.5) is 10.8 Å². The lowest BCUT2D eigenvalue weighted by atomic mass is 10.2. The van der Waals surface area contributed by atoms with Gasteiger partial charge in [-0.25, -0.2) is 4.98 Å². The molecule has 1 aromatic heterocycles. The minimum Gasteiger partial charge on any atom is -0.483 e. The summed E-state index contributed by atoms with van der Waals surface area (Å²) in [5.74, 6) is 0.159. The summed E-state index contributed by atoms with van der Waals surface area (Å²) in [4.78, 5) is 27.6. The van der Waals surface area contributed by atoms with Gasteiger partial charge in [0.05, 0.1) is 10.2 Å². The molecule has 0 fully saturated rings. The summed E-state index contributed by atoms with van der Waals surface area (Å²) >= 11 is 7.23. The molecule has 2 aromatic carbocycles. The zero-order valence-corrected chi connectivity index (χ0v) is 15.7. The number of benzene rings is 2. The molecule has 0 saturated carbocycles. The largest absolute Gasteiger partial charge is 0.483 e. The number of thiazole rings is 1. The van der Waals surface area contributed by atoms with E-state index in [-0.39, 0.29) is 18.4 Å². The highest BCUT2D eigenvalue weighted by atomic mass is 35.5. The molecular weight excluding hydrogens is 374 g/mol. The minimum atomic E-state index is -0.305. The van der Waals surface area contributed by atoms with Gasteiger partial charge < -0.3 is 10.1 Å². The van der Waals surface area contributed by atoms with E-state index in [1.54, 1.807) is 30.3 Å². The number of hydrogen-bond donors (Lipinski definition) is 2.